The number of amides is 1. The number of thiophene rings is 1. The maximum atomic E-state index is 12.4. The Hall–Kier alpha value is -0.390. The molecule has 1 aliphatic heterocycles. The highest BCUT2D eigenvalue weighted by molar-refractivity contribution is 9.11. The number of hydrogen-bond donors (Lipinski definition) is 2. The third kappa shape index (κ3) is 3.80. The van der Waals surface area contributed by atoms with Gasteiger partial charge in [0.15, 0.2) is 0 Å². The van der Waals surface area contributed by atoms with Gasteiger partial charge in [0.2, 0.25) is 5.91 Å². The van der Waals surface area contributed by atoms with Crippen molar-refractivity contribution >= 4 is 33.2 Å². The second-order valence-electron chi connectivity index (χ2n) is 5.07. The van der Waals surface area contributed by atoms with Crippen molar-refractivity contribution in [1.29, 1.82) is 0 Å². The number of carbonyl (C=O) groups is 1. The molecule has 2 rings (SSSR count). The number of hydrogen-bond acceptors (Lipinski definition) is 3. The summed E-state index contributed by atoms with van der Waals surface area (Å²) < 4.78 is 1.15. The molecule has 1 unspecified atom stereocenters. The average Bonchev–Trinajstić information content (AvgIpc) is 3.00. The van der Waals surface area contributed by atoms with E-state index in [4.69, 9.17) is 0 Å². The summed E-state index contributed by atoms with van der Waals surface area (Å²) in [4.78, 5) is 13.7. The van der Waals surface area contributed by atoms with E-state index in [9.17, 15) is 4.79 Å². The first-order valence-corrected chi connectivity index (χ1v) is 8.55. The molecule has 0 aliphatic carbocycles. The van der Waals surface area contributed by atoms with Gasteiger partial charge in [0, 0.05) is 11.4 Å². The zero-order chi connectivity index (χ0) is 13.7. The fraction of sp³-hybridized carbons (Fsp3) is 0.643. The van der Waals surface area contributed by atoms with Gasteiger partial charge < -0.3 is 10.6 Å². The molecule has 1 atom stereocenters. The summed E-state index contributed by atoms with van der Waals surface area (Å²) in [6.07, 6.45) is 4.95. The lowest BCUT2D eigenvalue weighted by Crippen LogP contribution is -2.53. The normalized spacial score (nSPS) is 22.6. The van der Waals surface area contributed by atoms with E-state index >= 15 is 0 Å². The topological polar surface area (TPSA) is 41.1 Å². The Morgan fingerprint density at radius 2 is 2.42 bits per heavy atom. The Bertz CT molecular complexity index is 427. The highest BCUT2D eigenvalue weighted by Crippen LogP contribution is 2.25. The SMILES string of the molecule is CCCC1(C(=O)NCCc2ccc(Br)s2)CCCN1. The molecule has 1 aromatic rings. The van der Waals surface area contributed by atoms with Crippen LogP contribution < -0.4 is 10.6 Å². The summed E-state index contributed by atoms with van der Waals surface area (Å²) in [5.41, 5.74) is -0.301. The predicted octanol–water partition coefficient (Wildman–Crippen LogP) is 3.09. The Morgan fingerprint density at radius 3 is 3.00 bits per heavy atom. The van der Waals surface area contributed by atoms with Gasteiger partial charge in [-0.1, -0.05) is 13.3 Å². The largest absolute Gasteiger partial charge is 0.354 e. The van der Waals surface area contributed by atoms with Crippen LogP contribution in [0.15, 0.2) is 15.9 Å². The van der Waals surface area contributed by atoms with E-state index in [1.54, 1.807) is 11.3 Å². The summed E-state index contributed by atoms with van der Waals surface area (Å²) in [5, 5.41) is 6.50. The minimum Gasteiger partial charge on any atom is -0.354 e. The molecular formula is C14H21BrN2OS. The standard InChI is InChI=1S/C14H21BrN2OS/c1-2-7-14(8-3-9-17-14)13(18)16-10-6-11-4-5-12(15)19-11/h4-5,17H,2-3,6-10H2,1H3,(H,16,18). The lowest BCUT2D eigenvalue weighted by atomic mass is 9.91. The van der Waals surface area contributed by atoms with Crippen LogP contribution in [0.5, 0.6) is 0 Å². The summed E-state index contributed by atoms with van der Waals surface area (Å²) in [5.74, 6) is 0.183. The summed E-state index contributed by atoms with van der Waals surface area (Å²) in [6, 6.07) is 4.16. The predicted molar refractivity (Wildman–Crippen MR) is 83.6 cm³/mol. The van der Waals surface area contributed by atoms with Crippen molar-refractivity contribution in [2.75, 3.05) is 13.1 Å². The summed E-state index contributed by atoms with van der Waals surface area (Å²) in [7, 11) is 0. The lowest BCUT2D eigenvalue weighted by molar-refractivity contribution is -0.127. The molecule has 0 bridgehead atoms. The molecule has 1 aromatic heterocycles. The van der Waals surface area contributed by atoms with E-state index in [1.165, 1.54) is 4.88 Å². The second-order valence-corrected chi connectivity index (χ2v) is 7.62. The first-order valence-electron chi connectivity index (χ1n) is 6.94. The fourth-order valence-electron chi connectivity index (χ4n) is 2.71. The number of nitrogens with one attached hydrogen (secondary N) is 2. The van der Waals surface area contributed by atoms with Gasteiger partial charge in [-0.25, -0.2) is 0 Å². The van der Waals surface area contributed by atoms with Crippen molar-refractivity contribution in [1.82, 2.24) is 10.6 Å². The molecule has 1 fully saturated rings. The molecule has 0 saturated carbocycles. The van der Waals surface area contributed by atoms with Crippen LogP contribution >= 0.6 is 27.3 Å². The van der Waals surface area contributed by atoms with Crippen molar-refractivity contribution in [3.63, 3.8) is 0 Å². The van der Waals surface area contributed by atoms with Crippen LogP contribution in [0.3, 0.4) is 0 Å². The van der Waals surface area contributed by atoms with E-state index < -0.39 is 0 Å². The van der Waals surface area contributed by atoms with Gasteiger partial charge >= 0.3 is 0 Å². The smallest absolute Gasteiger partial charge is 0.240 e. The minimum absolute atomic E-state index is 0.183. The van der Waals surface area contributed by atoms with Crippen molar-refractivity contribution in [3.8, 4) is 0 Å². The van der Waals surface area contributed by atoms with Crippen molar-refractivity contribution in [3.05, 3.63) is 20.8 Å². The molecule has 1 amide bonds. The Labute approximate surface area is 127 Å². The molecule has 2 N–H and O–H groups in total. The molecule has 0 aromatic carbocycles. The van der Waals surface area contributed by atoms with Crippen molar-refractivity contribution in [2.45, 2.75) is 44.6 Å². The van der Waals surface area contributed by atoms with Crippen LogP contribution in [0.4, 0.5) is 0 Å². The van der Waals surface area contributed by atoms with Gasteiger partial charge in [0.25, 0.3) is 0 Å². The van der Waals surface area contributed by atoms with E-state index in [0.29, 0.717) is 0 Å². The Morgan fingerprint density at radius 1 is 1.58 bits per heavy atom. The van der Waals surface area contributed by atoms with E-state index in [1.807, 2.05) is 0 Å². The quantitative estimate of drug-likeness (QED) is 0.832. The maximum absolute atomic E-state index is 12.4. The number of halogens is 1. The Kier molecular flexibility index (Phi) is 5.42. The van der Waals surface area contributed by atoms with Crippen LogP contribution in [0.2, 0.25) is 0 Å². The zero-order valence-corrected chi connectivity index (χ0v) is 13.7. The number of carbonyl (C=O) groups excluding carboxylic acids is 1. The van der Waals surface area contributed by atoms with Crippen LogP contribution in [0, 0.1) is 0 Å². The van der Waals surface area contributed by atoms with Gasteiger partial charge in [-0.2, -0.15) is 0 Å². The second kappa shape index (κ2) is 6.86. The molecule has 2 heterocycles. The highest BCUT2D eigenvalue weighted by Gasteiger charge is 2.39. The zero-order valence-electron chi connectivity index (χ0n) is 11.3. The Balaban J connectivity index is 1.82. The highest BCUT2D eigenvalue weighted by atomic mass is 79.9. The third-order valence-corrected chi connectivity index (χ3v) is 5.32. The van der Waals surface area contributed by atoms with Gasteiger partial charge in [0.1, 0.15) is 0 Å². The van der Waals surface area contributed by atoms with Gasteiger partial charge in [-0.15, -0.1) is 11.3 Å². The summed E-state index contributed by atoms with van der Waals surface area (Å²) >= 11 is 5.19. The van der Waals surface area contributed by atoms with Gasteiger partial charge in [-0.3, -0.25) is 4.79 Å². The number of rotatable bonds is 6. The third-order valence-electron chi connectivity index (χ3n) is 3.64. The van der Waals surface area contributed by atoms with Gasteiger partial charge in [0.05, 0.1) is 9.33 Å². The first-order chi connectivity index (χ1) is 9.16. The van der Waals surface area contributed by atoms with Crippen LogP contribution in [0.25, 0.3) is 0 Å². The first kappa shape index (κ1) is 15.0. The van der Waals surface area contributed by atoms with E-state index in [2.05, 4.69) is 45.6 Å². The van der Waals surface area contributed by atoms with Crippen molar-refractivity contribution < 1.29 is 4.79 Å². The van der Waals surface area contributed by atoms with E-state index in [-0.39, 0.29) is 11.4 Å². The molecule has 0 radical (unpaired) electrons. The summed E-state index contributed by atoms with van der Waals surface area (Å²) in [6.45, 7) is 3.82. The van der Waals surface area contributed by atoms with Crippen LogP contribution in [-0.2, 0) is 11.2 Å². The molecule has 3 nitrogen and oxygen atoms in total. The molecule has 0 spiro atoms. The van der Waals surface area contributed by atoms with Crippen molar-refractivity contribution in [2.24, 2.45) is 0 Å². The minimum atomic E-state index is -0.301. The average molecular weight is 345 g/mol. The molecule has 1 saturated heterocycles. The van der Waals surface area contributed by atoms with Crippen LogP contribution in [0.1, 0.15) is 37.5 Å². The monoisotopic (exact) mass is 344 g/mol. The maximum Gasteiger partial charge on any atom is 0.240 e. The molecule has 5 heteroatoms. The molecule has 106 valence electrons. The van der Waals surface area contributed by atoms with Gasteiger partial charge in [-0.05, 0) is 60.3 Å². The van der Waals surface area contributed by atoms with E-state index in [0.717, 1.165) is 49.0 Å². The molecular weight excluding hydrogens is 324 g/mol. The lowest BCUT2D eigenvalue weighted by Gasteiger charge is -2.27. The fourth-order valence-corrected chi connectivity index (χ4v) is 4.19. The van der Waals surface area contributed by atoms with Crippen LogP contribution in [-0.4, -0.2) is 24.5 Å². The molecule has 1 aliphatic rings. The molecule has 19 heavy (non-hydrogen) atoms.